The number of nitro benzene ring substituents is 1. The standard InChI is InChI=1S/C20H15BrN4O5/c1-12(26)23-14-4-2-13(3-5-14)20(27)24-22-11-16-7-9-19(30-16)17-8-6-15(25(28)29)10-18(17)21/h2-11H,1H3,(H,23,26)(H,24,27). The van der Waals surface area contributed by atoms with Gasteiger partial charge >= 0.3 is 0 Å². The van der Waals surface area contributed by atoms with E-state index >= 15 is 0 Å². The minimum atomic E-state index is -0.481. The topological polar surface area (TPSA) is 127 Å². The monoisotopic (exact) mass is 470 g/mol. The third-order valence-corrected chi connectivity index (χ3v) is 4.54. The Kier molecular flexibility index (Phi) is 6.38. The van der Waals surface area contributed by atoms with Crippen molar-refractivity contribution in [2.75, 3.05) is 5.32 Å². The molecule has 1 aromatic heterocycles. The second kappa shape index (κ2) is 9.14. The number of non-ortho nitro benzene ring substituents is 1. The molecule has 0 saturated carbocycles. The molecule has 0 unspecified atom stereocenters. The summed E-state index contributed by atoms with van der Waals surface area (Å²) < 4.78 is 6.17. The number of hydrazone groups is 1. The van der Waals surface area contributed by atoms with Gasteiger partial charge in [0.25, 0.3) is 11.6 Å². The number of furan rings is 1. The zero-order valence-corrected chi connectivity index (χ0v) is 17.2. The smallest absolute Gasteiger partial charge is 0.271 e. The number of nitrogens with zero attached hydrogens (tertiary/aromatic N) is 2. The number of anilines is 1. The molecular formula is C20H15BrN4O5. The van der Waals surface area contributed by atoms with Crippen LogP contribution in [0.5, 0.6) is 0 Å². The second-order valence-electron chi connectivity index (χ2n) is 6.08. The molecule has 0 aliphatic carbocycles. The third kappa shape index (κ3) is 5.17. The van der Waals surface area contributed by atoms with Gasteiger partial charge < -0.3 is 9.73 Å². The average molecular weight is 471 g/mol. The van der Waals surface area contributed by atoms with E-state index in [1.54, 1.807) is 42.5 Å². The highest BCUT2D eigenvalue weighted by Gasteiger charge is 2.13. The summed E-state index contributed by atoms with van der Waals surface area (Å²) >= 11 is 3.30. The summed E-state index contributed by atoms with van der Waals surface area (Å²) in [6.07, 6.45) is 1.34. The molecule has 0 spiro atoms. The molecule has 30 heavy (non-hydrogen) atoms. The summed E-state index contributed by atoms with van der Waals surface area (Å²) in [5.74, 6) is 0.246. The van der Waals surface area contributed by atoms with Crippen molar-refractivity contribution in [2.45, 2.75) is 6.92 Å². The van der Waals surface area contributed by atoms with Crippen LogP contribution >= 0.6 is 15.9 Å². The maximum Gasteiger partial charge on any atom is 0.271 e. The van der Waals surface area contributed by atoms with Crippen LogP contribution in [0.2, 0.25) is 0 Å². The van der Waals surface area contributed by atoms with Crippen LogP contribution in [0.25, 0.3) is 11.3 Å². The number of halogens is 1. The largest absolute Gasteiger partial charge is 0.455 e. The first kappa shape index (κ1) is 20.9. The number of rotatable bonds is 6. The fourth-order valence-electron chi connectivity index (χ4n) is 2.51. The van der Waals surface area contributed by atoms with Crippen molar-refractivity contribution in [3.05, 3.63) is 80.5 Å². The van der Waals surface area contributed by atoms with Crippen molar-refractivity contribution in [1.29, 1.82) is 0 Å². The molecule has 0 aliphatic rings. The first-order valence-corrected chi connectivity index (χ1v) is 9.38. The lowest BCUT2D eigenvalue weighted by Crippen LogP contribution is -2.17. The van der Waals surface area contributed by atoms with Gasteiger partial charge in [-0.3, -0.25) is 19.7 Å². The normalized spacial score (nSPS) is 10.7. The van der Waals surface area contributed by atoms with E-state index in [1.165, 1.54) is 25.3 Å². The van der Waals surface area contributed by atoms with Crippen LogP contribution in [-0.4, -0.2) is 23.0 Å². The fourth-order valence-corrected chi connectivity index (χ4v) is 3.07. The van der Waals surface area contributed by atoms with Crippen molar-refractivity contribution < 1.29 is 18.9 Å². The van der Waals surface area contributed by atoms with Gasteiger partial charge in [-0.2, -0.15) is 5.10 Å². The van der Waals surface area contributed by atoms with Gasteiger partial charge in [-0.05, 0) is 58.4 Å². The molecule has 0 saturated heterocycles. The fraction of sp³-hybridized carbons (Fsp3) is 0.0500. The lowest BCUT2D eigenvalue weighted by molar-refractivity contribution is -0.384. The maximum absolute atomic E-state index is 12.1. The molecule has 10 heteroatoms. The Bertz CT molecular complexity index is 1140. The van der Waals surface area contributed by atoms with E-state index in [1.807, 2.05) is 0 Å². The Morgan fingerprint density at radius 1 is 1.13 bits per heavy atom. The van der Waals surface area contributed by atoms with E-state index < -0.39 is 10.8 Å². The van der Waals surface area contributed by atoms with Gasteiger partial charge in [0.1, 0.15) is 11.5 Å². The zero-order chi connectivity index (χ0) is 21.7. The summed E-state index contributed by atoms with van der Waals surface area (Å²) in [7, 11) is 0. The van der Waals surface area contributed by atoms with Gasteiger partial charge in [-0.15, -0.1) is 0 Å². The van der Waals surface area contributed by atoms with Crippen molar-refractivity contribution in [3.8, 4) is 11.3 Å². The minimum absolute atomic E-state index is 0.0354. The molecule has 3 rings (SSSR count). The van der Waals surface area contributed by atoms with Crippen LogP contribution in [0.4, 0.5) is 11.4 Å². The molecule has 0 atom stereocenters. The molecule has 2 amide bonds. The van der Waals surface area contributed by atoms with Crippen molar-refractivity contribution in [3.63, 3.8) is 0 Å². The van der Waals surface area contributed by atoms with E-state index in [9.17, 15) is 19.7 Å². The van der Waals surface area contributed by atoms with Crippen LogP contribution in [0.3, 0.4) is 0 Å². The molecule has 2 N–H and O–H groups in total. The van der Waals surface area contributed by atoms with Crippen LogP contribution < -0.4 is 10.7 Å². The molecule has 0 aliphatic heterocycles. The van der Waals surface area contributed by atoms with E-state index in [4.69, 9.17) is 4.42 Å². The molecule has 0 bridgehead atoms. The van der Waals surface area contributed by atoms with Gasteiger partial charge in [0.05, 0.1) is 11.1 Å². The molecule has 0 fully saturated rings. The highest BCUT2D eigenvalue weighted by Crippen LogP contribution is 2.32. The molecule has 2 aromatic carbocycles. The minimum Gasteiger partial charge on any atom is -0.455 e. The summed E-state index contributed by atoms with van der Waals surface area (Å²) in [6, 6.07) is 14.0. The first-order chi connectivity index (χ1) is 14.3. The third-order valence-electron chi connectivity index (χ3n) is 3.88. The number of carbonyl (C=O) groups excluding carboxylic acids is 2. The molecule has 3 aromatic rings. The predicted octanol–water partition coefficient (Wildman–Crippen LogP) is 4.34. The number of nitro groups is 1. The number of benzene rings is 2. The summed E-state index contributed by atoms with van der Waals surface area (Å²) in [5.41, 5.74) is 3.95. The van der Waals surface area contributed by atoms with E-state index in [-0.39, 0.29) is 11.6 Å². The Labute approximate surface area is 179 Å². The predicted molar refractivity (Wildman–Crippen MR) is 114 cm³/mol. The number of carbonyl (C=O) groups is 2. The summed E-state index contributed by atoms with van der Waals surface area (Å²) in [6.45, 7) is 1.40. The number of hydrogen-bond acceptors (Lipinski definition) is 6. The molecule has 1 heterocycles. The molecule has 9 nitrogen and oxygen atoms in total. The molecule has 152 valence electrons. The maximum atomic E-state index is 12.1. The van der Waals surface area contributed by atoms with Crippen LogP contribution in [-0.2, 0) is 4.79 Å². The number of amides is 2. The van der Waals surface area contributed by atoms with E-state index in [0.29, 0.717) is 32.8 Å². The number of nitrogens with one attached hydrogen (secondary N) is 2. The summed E-state index contributed by atoms with van der Waals surface area (Å²) in [5, 5.41) is 17.3. The number of hydrogen-bond donors (Lipinski definition) is 2. The van der Waals surface area contributed by atoms with Crippen molar-refractivity contribution in [2.24, 2.45) is 5.10 Å². The SMILES string of the molecule is CC(=O)Nc1ccc(C(=O)NN=Cc2ccc(-c3ccc([N+](=O)[O-])cc3Br)o2)cc1. The lowest BCUT2D eigenvalue weighted by Gasteiger charge is -2.03. The second-order valence-corrected chi connectivity index (χ2v) is 6.94. The summed E-state index contributed by atoms with van der Waals surface area (Å²) in [4.78, 5) is 33.5. The average Bonchev–Trinajstić information content (AvgIpc) is 3.16. The Balaban J connectivity index is 1.64. The highest BCUT2D eigenvalue weighted by molar-refractivity contribution is 9.10. The first-order valence-electron chi connectivity index (χ1n) is 8.58. The lowest BCUT2D eigenvalue weighted by atomic mass is 10.1. The van der Waals surface area contributed by atoms with Crippen molar-refractivity contribution >= 4 is 45.3 Å². The Morgan fingerprint density at radius 2 is 1.87 bits per heavy atom. The van der Waals surface area contributed by atoms with E-state index in [0.717, 1.165) is 0 Å². The van der Waals surface area contributed by atoms with Crippen LogP contribution in [0.1, 0.15) is 23.0 Å². The van der Waals surface area contributed by atoms with Crippen molar-refractivity contribution in [1.82, 2.24) is 5.43 Å². The quantitative estimate of drug-likeness (QED) is 0.314. The van der Waals surface area contributed by atoms with Crippen LogP contribution in [0, 0.1) is 10.1 Å². The van der Waals surface area contributed by atoms with Crippen LogP contribution in [0.15, 0.2) is 68.6 Å². The van der Waals surface area contributed by atoms with Gasteiger partial charge in [0, 0.05) is 40.3 Å². The zero-order valence-electron chi connectivity index (χ0n) is 15.6. The van der Waals surface area contributed by atoms with Gasteiger partial charge in [-0.25, -0.2) is 5.43 Å². The molecule has 0 radical (unpaired) electrons. The van der Waals surface area contributed by atoms with E-state index in [2.05, 4.69) is 31.8 Å². The van der Waals surface area contributed by atoms with Gasteiger partial charge in [0.15, 0.2) is 0 Å². The Morgan fingerprint density at radius 3 is 2.50 bits per heavy atom. The molecular weight excluding hydrogens is 456 g/mol. The Hall–Kier alpha value is -3.79. The van der Waals surface area contributed by atoms with Gasteiger partial charge in [-0.1, -0.05) is 0 Å². The van der Waals surface area contributed by atoms with Gasteiger partial charge in [0.2, 0.25) is 5.91 Å². The highest BCUT2D eigenvalue weighted by atomic mass is 79.9.